The van der Waals surface area contributed by atoms with Gasteiger partial charge in [0, 0.05) is 18.0 Å². The van der Waals surface area contributed by atoms with E-state index in [1.54, 1.807) is 6.20 Å². The molecule has 1 heterocycles. The van der Waals surface area contributed by atoms with Gasteiger partial charge in [-0.2, -0.15) is 0 Å². The summed E-state index contributed by atoms with van der Waals surface area (Å²) in [4.78, 5) is 14.9. The molecule has 1 atom stereocenters. The summed E-state index contributed by atoms with van der Waals surface area (Å²) in [5.74, 6) is -0.464. The summed E-state index contributed by atoms with van der Waals surface area (Å²) in [6, 6.07) is 5.86. The predicted octanol–water partition coefficient (Wildman–Crippen LogP) is 2.44. The minimum absolute atomic E-state index is 0.367. The molecule has 84 valence electrons. The molecule has 2 rings (SSSR count). The molecular weight excluding hydrogens is 202 g/mol. The third-order valence-electron chi connectivity index (χ3n) is 3.03. The standard InChI is InChI=1S/C13H15NO2/c15-13(16)9-11-5-3-4-10(11)8-12-6-1-2-7-14-12/h1-2,6-7,9-10H,3-5,8H2,(H,15,16)/b11-9+. The zero-order valence-corrected chi connectivity index (χ0v) is 9.10. The third-order valence-corrected chi connectivity index (χ3v) is 3.03. The van der Waals surface area contributed by atoms with Crippen LogP contribution in [0.15, 0.2) is 36.0 Å². The zero-order chi connectivity index (χ0) is 11.4. The van der Waals surface area contributed by atoms with Crippen molar-refractivity contribution in [3.05, 3.63) is 41.7 Å². The Morgan fingerprint density at radius 2 is 2.44 bits per heavy atom. The van der Waals surface area contributed by atoms with Gasteiger partial charge in [-0.15, -0.1) is 0 Å². The van der Waals surface area contributed by atoms with E-state index in [9.17, 15) is 4.79 Å². The van der Waals surface area contributed by atoms with Crippen LogP contribution < -0.4 is 0 Å². The largest absolute Gasteiger partial charge is 0.478 e. The third kappa shape index (κ3) is 2.69. The SMILES string of the molecule is O=C(O)/C=C1\CCCC1Cc1ccccn1. The first-order chi connectivity index (χ1) is 7.75. The number of hydrogen-bond donors (Lipinski definition) is 1. The number of carbonyl (C=O) groups is 1. The van der Waals surface area contributed by atoms with Crippen LogP contribution in [0.25, 0.3) is 0 Å². The fourth-order valence-electron chi connectivity index (χ4n) is 2.30. The molecule has 3 heteroatoms. The number of aromatic nitrogens is 1. The molecule has 0 bridgehead atoms. The number of carboxylic acid groups (broad SMARTS) is 1. The lowest BCUT2D eigenvalue weighted by Gasteiger charge is -2.10. The van der Waals surface area contributed by atoms with Crippen LogP contribution in [0.1, 0.15) is 25.0 Å². The van der Waals surface area contributed by atoms with E-state index < -0.39 is 5.97 Å². The van der Waals surface area contributed by atoms with E-state index in [1.807, 2.05) is 18.2 Å². The molecule has 3 nitrogen and oxygen atoms in total. The first-order valence-corrected chi connectivity index (χ1v) is 5.59. The number of aliphatic carboxylic acids is 1. The van der Waals surface area contributed by atoms with Crippen molar-refractivity contribution in [2.24, 2.45) is 5.92 Å². The first-order valence-electron chi connectivity index (χ1n) is 5.59. The molecule has 0 amide bonds. The highest BCUT2D eigenvalue weighted by atomic mass is 16.4. The average Bonchev–Trinajstić information content (AvgIpc) is 2.66. The number of hydrogen-bond acceptors (Lipinski definition) is 2. The van der Waals surface area contributed by atoms with Gasteiger partial charge in [0.1, 0.15) is 0 Å². The summed E-state index contributed by atoms with van der Waals surface area (Å²) in [7, 11) is 0. The second kappa shape index (κ2) is 4.92. The van der Waals surface area contributed by atoms with E-state index in [4.69, 9.17) is 5.11 Å². The molecule has 1 aromatic rings. The fourth-order valence-corrected chi connectivity index (χ4v) is 2.30. The van der Waals surface area contributed by atoms with E-state index >= 15 is 0 Å². The van der Waals surface area contributed by atoms with Crippen LogP contribution in [0.5, 0.6) is 0 Å². The van der Waals surface area contributed by atoms with Crippen molar-refractivity contribution in [2.75, 3.05) is 0 Å². The van der Waals surface area contributed by atoms with Gasteiger partial charge < -0.3 is 5.11 Å². The van der Waals surface area contributed by atoms with Crippen LogP contribution >= 0.6 is 0 Å². The highest BCUT2D eigenvalue weighted by Gasteiger charge is 2.22. The second-order valence-corrected chi connectivity index (χ2v) is 4.17. The van der Waals surface area contributed by atoms with E-state index in [-0.39, 0.29) is 0 Å². The Morgan fingerprint density at radius 1 is 1.56 bits per heavy atom. The Morgan fingerprint density at radius 3 is 3.12 bits per heavy atom. The van der Waals surface area contributed by atoms with E-state index in [0.29, 0.717) is 5.92 Å². The van der Waals surface area contributed by atoms with Crippen molar-refractivity contribution in [2.45, 2.75) is 25.7 Å². The van der Waals surface area contributed by atoms with Gasteiger partial charge in [0.15, 0.2) is 0 Å². The highest BCUT2D eigenvalue weighted by molar-refractivity contribution is 5.80. The van der Waals surface area contributed by atoms with Crippen molar-refractivity contribution in [3.8, 4) is 0 Å². The van der Waals surface area contributed by atoms with Gasteiger partial charge in [-0.3, -0.25) is 4.98 Å². The molecule has 1 N–H and O–H groups in total. The summed E-state index contributed by atoms with van der Waals surface area (Å²) >= 11 is 0. The maximum absolute atomic E-state index is 10.7. The number of allylic oxidation sites excluding steroid dienone is 1. The minimum Gasteiger partial charge on any atom is -0.478 e. The summed E-state index contributed by atoms with van der Waals surface area (Å²) in [6.45, 7) is 0. The smallest absolute Gasteiger partial charge is 0.328 e. The topological polar surface area (TPSA) is 50.2 Å². The van der Waals surface area contributed by atoms with E-state index in [0.717, 1.165) is 37.0 Å². The van der Waals surface area contributed by atoms with Gasteiger partial charge in [-0.1, -0.05) is 11.6 Å². The Hall–Kier alpha value is -1.64. The van der Waals surface area contributed by atoms with Crippen LogP contribution in [0.2, 0.25) is 0 Å². The van der Waals surface area contributed by atoms with Gasteiger partial charge in [-0.05, 0) is 43.7 Å². The number of pyridine rings is 1. The molecule has 1 unspecified atom stereocenters. The number of carboxylic acids is 1. The summed E-state index contributed by atoms with van der Waals surface area (Å²) in [5, 5.41) is 8.77. The van der Waals surface area contributed by atoms with Crippen molar-refractivity contribution in [1.82, 2.24) is 4.98 Å². The van der Waals surface area contributed by atoms with Crippen LogP contribution in [-0.4, -0.2) is 16.1 Å². The summed E-state index contributed by atoms with van der Waals surface area (Å²) in [5.41, 5.74) is 2.11. The lowest BCUT2D eigenvalue weighted by Crippen LogP contribution is -2.05. The Bertz CT molecular complexity index is 398. The minimum atomic E-state index is -0.831. The number of nitrogens with zero attached hydrogens (tertiary/aromatic N) is 1. The maximum Gasteiger partial charge on any atom is 0.328 e. The van der Waals surface area contributed by atoms with Crippen molar-refractivity contribution < 1.29 is 9.90 Å². The molecule has 0 radical (unpaired) electrons. The number of rotatable bonds is 3. The van der Waals surface area contributed by atoms with E-state index in [2.05, 4.69) is 4.98 Å². The Kier molecular flexibility index (Phi) is 3.34. The first kappa shape index (κ1) is 10.9. The molecule has 1 aromatic heterocycles. The van der Waals surface area contributed by atoms with Crippen molar-refractivity contribution >= 4 is 5.97 Å². The molecule has 16 heavy (non-hydrogen) atoms. The van der Waals surface area contributed by atoms with Gasteiger partial charge in [0.2, 0.25) is 0 Å². The monoisotopic (exact) mass is 217 g/mol. The maximum atomic E-state index is 10.7. The summed E-state index contributed by atoms with van der Waals surface area (Å²) in [6.07, 6.45) is 7.11. The van der Waals surface area contributed by atoms with Gasteiger partial charge in [0.05, 0.1) is 0 Å². The van der Waals surface area contributed by atoms with Crippen molar-refractivity contribution in [3.63, 3.8) is 0 Å². The van der Waals surface area contributed by atoms with Crippen LogP contribution in [-0.2, 0) is 11.2 Å². The fraction of sp³-hybridized carbons (Fsp3) is 0.385. The summed E-state index contributed by atoms with van der Waals surface area (Å²) < 4.78 is 0. The van der Waals surface area contributed by atoms with Crippen LogP contribution in [0.3, 0.4) is 0 Å². The van der Waals surface area contributed by atoms with Crippen LogP contribution in [0, 0.1) is 5.92 Å². The molecule has 0 aromatic carbocycles. The highest BCUT2D eigenvalue weighted by Crippen LogP contribution is 2.33. The molecule has 0 spiro atoms. The molecule has 0 aliphatic heterocycles. The van der Waals surface area contributed by atoms with Gasteiger partial charge >= 0.3 is 5.97 Å². The van der Waals surface area contributed by atoms with Crippen molar-refractivity contribution in [1.29, 1.82) is 0 Å². The van der Waals surface area contributed by atoms with Gasteiger partial charge in [-0.25, -0.2) is 4.79 Å². The van der Waals surface area contributed by atoms with Crippen LogP contribution in [0.4, 0.5) is 0 Å². The lowest BCUT2D eigenvalue weighted by molar-refractivity contribution is -0.131. The lowest BCUT2D eigenvalue weighted by atomic mass is 9.96. The normalized spacial score (nSPS) is 22.5. The quantitative estimate of drug-likeness (QED) is 0.791. The zero-order valence-electron chi connectivity index (χ0n) is 9.10. The molecule has 1 fully saturated rings. The second-order valence-electron chi connectivity index (χ2n) is 4.17. The van der Waals surface area contributed by atoms with E-state index in [1.165, 1.54) is 6.08 Å². The Labute approximate surface area is 94.8 Å². The molecular formula is C13H15NO2. The van der Waals surface area contributed by atoms with Gasteiger partial charge in [0.25, 0.3) is 0 Å². The molecule has 1 saturated carbocycles. The molecule has 1 aliphatic rings. The predicted molar refractivity (Wildman–Crippen MR) is 61.0 cm³/mol. The average molecular weight is 217 g/mol. The molecule has 0 saturated heterocycles. The Balaban J connectivity index is 2.07. The molecule has 1 aliphatic carbocycles.